The predicted octanol–water partition coefficient (Wildman–Crippen LogP) is 3.88. The molecule has 2 heterocycles. The van der Waals surface area contributed by atoms with Crippen molar-refractivity contribution in [1.29, 1.82) is 5.26 Å². The van der Waals surface area contributed by atoms with Crippen LogP contribution in [0, 0.1) is 11.3 Å². The summed E-state index contributed by atoms with van der Waals surface area (Å²) in [5.41, 5.74) is 3.89. The van der Waals surface area contributed by atoms with Crippen LogP contribution in [0.25, 0.3) is 22.0 Å². The molecule has 1 fully saturated rings. The Morgan fingerprint density at radius 2 is 1.82 bits per heavy atom. The first-order valence-electron chi connectivity index (χ1n) is 11.3. The zero-order valence-electron chi connectivity index (χ0n) is 20.3. The number of carbonyl (C=O) groups excluding carboxylic acids is 1. The van der Waals surface area contributed by atoms with E-state index in [9.17, 15) is 4.79 Å². The normalized spacial score (nSPS) is 14.2. The lowest BCUT2D eigenvalue weighted by Crippen LogP contribution is -2.44. The molecule has 0 aliphatic carbocycles. The fraction of sp³-hybridized carbons (Fsp3) is 0.370. The van der Waals surface area contributed by atoms with Crippen molar-refractivity contribution in [2.24, 2.45) is 0 Å². The number of nitrogens with zero attached hydrogens (tertiary/aromatic N) is 4. The lowest BCUT2D eigenvalue weighted by molar-refractivity contribution is -0.111. The quantitative estimate of drug-likeness (QED) is 0.578. The number of methoxy groups -OCH3 is 1. The second-order valence-electron chi connectivity index (χ2n) is 9.04. The molecule has 0 bridgehead atoms. The Hall–Kier alpha value is -3.47. The van der Waals surface area contributed by atoms with Crippen LogP contribution >= 0.6 is 0 Å². The van der Waals surface area contributed by atoms with Crippen molar-refractivity contribution in [2.45, 2.75) is 25.9 Å². The Labute approximate surface area is 201 Å². The molecule has 0 unspecified atom stereocenters. The Morgan fingerprint density at radius 1 is 1.15 bits per heavy atom. The van der Waals surface area contributed by atoms with Crippen LogP contribution in [-0.4, -0.2) is 67.2 Å². The second-order valence-corrected chi connectivity index (χ2v) is 9.04. The molecule has 4 rings (SSSR count). The number of aliphatic hydroxyl groups is 1. The fourth-order valence-corrected chi connectivity index (χ4v) is 3.84. The van der Waals surface area contributed by atoms with Gasteiger partial charge in [-0.3, -0.25) is 4.98 Å². The van der Waals surface area contributed by atoms with Crippen LogP contribution in [0.4, 0.5) is 5.69 Å². The number of likely N-dealkylation sites (N-methyl/N-ethyl adjacent to an activating group) is 1. The second kappa shape index (κ2) is 11.1. The van der Waals surface area contributed by atoms with E-state index in [0.29, 0.717) is 11.8 Å². The maximum Gasteiger partial charge on any atom is 0.153 e. The highest BCUT2D eigenvalue weighted by Crippen LogP contribution is 2.38. The first-order valence-corrected chi connectivity index (χ1v) is 11.3. The van der Waals surface area contributed by atoms with Crippen LogP contribution < -0.4 is 9.64 Å². The van der Waals surface area contributed by atoms with Crippen molar-refractivity contribution in [3.05, 3.63) is 54.2 Å². The number of fused-ring (bicyclic) bond motifs is 1. The van der Waals surface area contributed by atoms with Gasteiger partial charge in [-0.05, 0) is 44.7 Å². The first kappa shape index (κ1) is 25.2. The van der Waals surface area contributed by atoms with Crippen LogP contribution in [0.2, 0.25) is 0 Å². The van der Waals surface area contributed by atoms with Gasteiger partial charge in [0.15, 0.2) is 5.75 Å². The third-order valence-corrected chi connectivity index (χ3v) is 5.79. The van der Waals surface area contributed by atoms with Gasteiger partial charge in [0.1, 0.15) is 6.29 Å². The number of benzene rings is 2. The molecule has 1 saturated heterocycles. The number of ether oxygens (including phenoxy) is 1. The number of aldehydes is 1. The zero-order valence-corrected chi connectivity index (χ0v) is 20.3. The first-order chi connectivity index (χ1) is 16.3. The van der Waals surface area contributed by atoms with Gasteiger partial charge in [0.2, 0.25) is 0 Å². The van der Waals surface area contributed by atoms with E-state index in [0.717, 1.165) is 59.6 Å². The largest absolute Gasteiger partial charge is 0.494 e. The van der Waals surface area contributed by atoms with E-state index in [2.05, 4.69) is 35.0 Å². The molecule has 7 nitrogen and oxygen atoms in total. The van der Waals surface area contributed by atoms with Gasteiger partial charge in [0.05, 0.1) is 41.7 Å². The smallest absolute Gasteiger partial charge is 0.153 e. The Morgan fingerprint density at radius 3 is 2.35 bits per heavy atom. The van der Waals surface area contributed by atoms with E-state index in [1.54, 1.807) is 21.0 Å². The summed E-state index contributed by atoms with van der Waals surface area (Å²) in [7, 11) is 3.87. The minimum Gasteiger partial charge on any atom is -0.494 e. The number of para-hydroxylation sites is 1. The third-order valence-electron chi connectivity index (χ3n) is 5.79. The van der Waals surface area contributed by atoms with Crippen molar-refractivity contribution < 1.29 is 14.6 Å². The van der Waals surface area contributed by atoms with E-state index in [-0.39, 0.29) is 6.42 Å². The van der Waals surface area contributed by atoms with E-state index in [1.165, 1.54) is 0 Å². The van der Waals surface area contributed by atoms with Gasteiger partial charge in [0, 0.05) is 43.5 Å². The average Bonchev–Trinajstić information content (AvgIpc) is 2.83. The van der Waals surface area contributed by atoms with Gasteiger partial charge in [-0.15, -0.1) is 0 Å². The number of anilines is 1. The number of rotatable bonds is 5. The van der Waals surface area contributed by atoms with Crippen molar-refractivity contribution in [3.63, 3.8) is 0 Å². The molecule has 0 spiro atoms. The van der Waals surface area contributed by atoms with Crippen LogP contribution in [-0.2, 0) is 4.79 Å². The minimum absolute atomic E-state index is 0.215. The van der Waals surface area contributed by atoms with E-state index < -0.39 is 5.60 Å². The molecular weight excluding hydrogens is 428 g/mol. The van der Waals surface area contributed by atoms with E-state index in [4.69, 9.17) is 20.1 Å². The lowest BCUT2D eigenvalue weighted by atomic mass is 10.00. The molecule has 3 aromatic rings. The molecule has 34 heavy (non-hydrogen) atoms. The molecule has 1 aliphatic rings. The maximum atomic E-state index is 9.66. The maximum absolute atomic E-state index is 9.66. The molecule has 0 radical (unpaired) electrons. The van der Waals surface area contributed by atoms with E-state index >= 15 is 0 Å². The molecule has 2 aromatic carbocycles. The monoisotopic (exact) mass is 460 g/mol. The van der Waals surface area contributed by atoms with E-state index in [1.807, 2.05) is 36.5 Å². The van der Waals surface area contributed by atoms with Crippen molar-refractivity contribution in [3.8, 4) is 22.9 Å². The van der Waals surface area contributed by atoms with Gasteiger partial charge in [-0.1, -0.05) is 24.3 Å². The summed E-state index contributed by atoms with van der Waals surface area (Å²) in [6.07, 6.45) is 2.85. The SMILES string of the molecule is CC(C)(O)CC=O.COc1c(N2CCN(C)CC2)cnc2c(-c3ccc(C#N)cc3)cccc12. The van der Waals surface area contributed by atoms with Gasteiger partial charge < -0.3 is 24.4 Å². The summed E-state index contributed by atoms with van der Waals surface area (Å²) >= 11 is 0. The summed E-state index contributed by atoms with van der Waals surface area (Å²) in [6.45, 7) is 7.20. The van der Waals surface area contributed by atoms with Crippen LogP contribution in [0.5, 0.6) is 5.75 Å². The van der Waals surface area contributed by atoms with Crippen LogP contribution in [0.15, 0.2) is 48.7 Å². The van der Waals surface area contributed by atoms with Gasteiger partial charge in [-0.2, -0.15) is 5.26 Å². The molecular formula is C27H32N4O3. The molecule has 1 aromatic heterocycles. The molecule has 7 heteroatoms. The molecule has 178 valence electrons. The van der Waals surface area contributed by atoms with Gasteiger partial charge in [-0.25, -0.2) is 0 Å². The molecule has 0 atom stereocenters. The summed E-state index contributed by atoms with van der Waals surface area (Å²) < 4.78 is 5.83. The fourth-order valence-electron chi connectivity index (χ4n) is 3.84. The predicted molar refractivity (Wildman–Crippen MR) is 135 cm³/mol. The number of piperazine rings is 1. The molecule has 0 saturated carbocycles. The minimum atomic E-state index is -0.818. The topological polar surface area (TPSA) is 89.7 Å². The summed E-state index contributed by atoms with van der Waals surface area (Å²) in [5.74, 6) is 0.875. The summed E-state index contributed by atoms with van der Waals surface area (Å²) in [4.78, 5) is 19.1. The van der Waals surface area contributed by atoms with Crippen LogP contribution in [0.1, 0.15) is 25.8 Å². The summed E-state index contributed by atoms with van der Waals surface area (Å²) in [5, 5.41) is 18.8. The van der Waals surface area contributed by atoms with Crippen molar-refractivity contribution >= 4 is 22.9 Å². The lowest BCUT2D eigenvalue weighted by Gasteiger charge is -2.34. The Bertz CT molecular complexity index is 1160. The molecule has 0 amide bonds. The van der Waals surface area contributed by atoms with Gasteiger partial charge in [0.25, 0.3) is 0 Å². The third kappa shape index (κ3) is 6.10. The molecule has 1 aliphatic heterocycles. The number of pyridine rings is 1. The Kier molecular flexibility index (Phi) is 8.21. The number of aromatic nitrogens is 1. The summed E-state index contributed by atoms with van der Waals surface area (Å²) in [6, 6.07) is 15.9. The Balaban J connectivity index is 0.000000406. The standard InChI is InChI=1S/C22H22N4O.C5H10O2/c1-25-10-12-26(13-11-25)20-15-24-21-18(4-3-5-19(21)22(20)27-2)17-8-6-16(14-23)7-9-17;1-5(2,7)3-4-6/h3-9,15H,10-13H2,1-2H3;4,7H,3H2,1-2H3. The van der Waals surface area contributed by atoms with Gasteiger partial charge >= 0.3 is 0 Å². The number of nitriles is 1. The number of carbonyl (C=O) groups is 1. The average molecular weight is 461 g/mol. The highest BCUT2D eigenvalue weighted by atomic mass is 16.5. The highest BCUT2D eigenvalue weighted by molar-refractivity contribution is 5.99. The number of hydrogen-bond donors (Lipinski definition) is 1. The highest BCUT2D eigenvalue weighted by Gasteiger charge is 2.20. The van der Waals surface area contributed by atoms with Crippen molar-refractivity contribution in [2.75, 3.05) is 45.2 Å². The zero-order chi connectivity index (χ0) is 24.7. The van der Waals surface area contributed by atoms with Crippen molar-refractivity contribution in [1.82, 2.24) is 9.88 Å². The van der Waals surface area contributed by atoms with Crippen LogP contribution in [0.3, 0.4) is 0 Å². The number of hydrogen-bond acceptors (Lipinski definition) is 7. The molecule has 1 N–H and O–H groups in total.